The maximum absolute atomic E-state index is 12.7. The molecular formula is C10H12F2. The van der Waals surface area contributed by atoms with Crippen molar-refractivity contribution in [2.75, 3.05) is 0 Å². The molecule has 0 nitrogen and oxygen atoms in total. The lowest BCUT2D eigenvalue weighted by Crippen LogP contribution is -2.06. The zero-order valence-electron chi connectivity index (χ0n) is 7.27. The first-order valence-electron chi connectivity index (χ1n) is 4.01. The number of benzene rings is 1. The van der Waals surface area contributed by atoms with Gasteiger partial charge in [0, 0.05) is 12.5 Å². The van der Waals surface area contributed by atoms with E-state index in [-0.39, 0.29) is 5.56 Å². The van der Waals surface area contributed by atoms with E-state index in [1.807, 2.05) is 6.92 Å². The van der Waals surface area contributed by atoms with Crippen LogP contribution >= 0.6 is 0 Å². The van der Waals surface area contributed by atoms with Crippen molar-refractivity contribution in [1.82, 2.24) is 0 Å². The first kappa shape index (κ1) is 9.17. The van der Waals surface area contributed by atoms with Crippen LogP contribution in [0.15, 0.2) is 24.3 Å². The maximum Gasteiger partial charge on any atom is 0.270 e. The Morgan fingerprint density at radius 2 is 1.67 bits per heavy atom. The van der Waals surface area contributed by atoms with E-state index in [9.17, 15) is 8.78 Å². The summed E-state index contributed by atoms with van der Waals surface area (Å²) in [5, 5.41) is 0. The van der Waals surface area contributed by atoms with Gasteiger partial charge in [-0.25, -0.2) is 8.78 Å². The van der Waals surface area contributed by atoms with Gasteiger partial charge in [0.05, 0.1) is 0 Å². The Balaban J connectivity index is 2.93. The van der Waals surface area contributed by atoms with E-state index in [1.54, 1.807) is 12.1 Å². The van der Waals surface area contributed by atoms with E-state index in [1.165, 1.54) is 12.1 Å². The molecule has 0 fully saturated rings. The van der Waals surface area contributed by atoms with Crippen LogP contribution in [0.1, 0.15) is 25.0 Å². The fraction of sp³-hybridized carbons (Fsp3) is 0.400. The Bertz CT molecular complexity index is 244. The highest BCUT2D eigenvalue weighted by molar-refractivity contribution is 5.25. The maximum atomic E-state index is 12.7. The Morgan fingerprint density at radius 1 is 1.17 bits per heavy atom. The third-order valence-electron chi connectivity index (χ3n) is 1.87. The van der Waals surface area contributed by atoms with Gasteiger partial charge in [0.25, 0.3) is 5.92 Å². The van der Waals surface area contributed by atoms with Crippen LogP contribution in [0, 0.1) is 0 Å². The predicted octanol–water partition coefficient (Wildman–Crippen LogP) is 3.36. The summed E-state index contributed by atoms with van der Waals surface area (Å²) < 4.78 is 25.4. The topological polar surface area (TPSA) is 0 Å². The van der Waals surface area contributed by atoms with Crippen molar-refractivity contribution < 1.29 is 8.78 Å². The van der Waals surface area contributed by atoms with E-state index >= 15 is 0 Å². The molecule has 12 heavy (non-hydrogen) atoms. The molecule has 0 saturated carbocycles. The van der Waals surface area contributed by atoms with E-state index in [4.69, 9.17) is 0 Å². The van der Waals surface area contributed by atoms with Gasteiger partial charge in [0.2, 0.25) is 0 Å². The molecule has 2 heteroatoms. The van der Waals surface area contributed by atoms with Crippen molar-refractivity contribution in [3.05, 3.63) is 35.4 Å². The van der Waals surface area contributed by atoms with Gasteiger partial charge in [-0.3, -0.25) is 0 Å². The fourth-order valence-corrected chi connectivity index (χ4v) is 1.03. The number of hydrogen-bond donors (Lipinski definition) is 0. The van der Waals surface area contributed by atoms with Crippen LogP contribution in [-0.4, -0.2) is 0 Å². The molecule has 0 aromatic heterocycles. The fourth-order valence-electron chi connectivity index (χ4n) is 1.03. The molecule has 0 aliphatic carbocycles. The molecule has 0 bridgehead atoms. The van der Waals surface area contributed by atoms with E-state index < -0.39 is 5.92 Å². The van der Waals surface area contributed by atoms with Gasteiger partial charge in [0.1, 0.15) is 0 Å². The summed E-state index contributed by atoms with van der Waals surface area (Å²) in [5.74, 6) is -2.72. The molecule has 0 atom stereocenters. The van der Waals surface area contributed by atoms with Crippen molar-refractivity contribution in [3.8, 4) is 0 Å². The van der Waals surface area contributed by atoms with Crippen LogP contribution in [0.5, 0.6) is 0 Å². The molecule has 0 aliphatic rings. The summed E-state index contributed by atoms with van der Waals surface area (Å²) in [4.78, 5) is 0. The molecule has 0 radical (unpaired) electrons. The molecule has 1 aromatic carbocycles. The quantitative estimate of drug-likeness (QED) is 0.638. The average molecular weight is 170 g/mol. The van der Waals surface area contributed by atoms with Crippen LogP contribution in [-0.2, 0) is 12.3 Å². The smallest absolute Gasteiger partial charge is 0.202 e. The van der Waals surface area contributed by atoms with Crippen LogP contribution < -0.4 is 0 Å². The Kier molecular flexibility index (Phi) is 2.46. The molecule has 66 valence electrons. The summed E-state index contributed by atoms with van der Waals surface area (Å²) in [6, 6.07) is 6.46. The number of hydrogen-bond acceptors (Lipinski definition) is 0. The van der Waals surface area contributed by atoms with Gasteiger partial charge in [-0.2, -0.15) is 0 Å². The summed E-state index contributed by atoms with van der Waals surface area (Å²) >= 11 is 0. The summed E-state index contributed by atoms with van der Waals surface area (Å²) in [5.41, 5.74) is 1.17. The highest BCUT2D eigenvalue weighted by Gasteiger charge is 2.23. The summed E-state index contributed by atoms with van der Waals surface area (Å²) in [6.07, 6.45) is 0.884. The Labute approximate surface area is 71.2 Å². The van der Waals surface area contributed by atoms with Gasteiger partial charge in [-0.15, -0.1) is 0 Å². The van der Waals surface area contributed by atoms with Gasteiger partial charge in [-0.05, 0) is 12.0 Å². The Morgan fingerprint density at radius 3 is 2.00 bits per heavy atom. The van der Waals surface area contributed by atoms with E-state index in [2.05, 4.69) is 0 Å². The van der Waals surface area contributed by atoms with Crippen molar-refractivity contribution in [3.63, 3.8) is 0 Å². The second-order valence-electron chi connectivity index (χ2n) is 2.94. The number of halogens is 2. The Hall–Kier alpha value is -0.920. The van der Waals surface area contributed by atoms with Crippen molar-refractivity contribution >= 4 is 0 Å². The zero-order chi connectivity index (χ0) is 9.19. The van der Waals surface area contributed by atoms with Crippen LogP contribution in [0.25, 0.3) is 0 Å². The zero-order valence-corrected chi connectivity index (χ0v) is 7.27. The largest absolute Gasteiger partial charge is 0.270 e. The van der Waals surface area contributed by atoms with Crippen molar-refractivity contribution in [1.29, 1.82) is 0 Å². The number of rotatable bonds is 2. The highest BCUT2D eigenvalue weighted by atomic mass is 19.3. The monoisotopic (exact) mass is 170 g/mol. The third kappa shape index (κ3) is 2.03. The van der Waals surface area contributed by atoms with Crippen LogP contribution in [0.2, 0.25) is 0 Å². The van der Waals surface area contributed by atoms with E-state index in [0.717, 1.165) is 18.9 Å². The predicted molar refractivity (Wildman–Crippen MR) is 45.4 cm³/mol. The average Bonchev–Trinajstić information content (AvgIpc) is 2.03. The summed E-state index contributed by atoms with van der Waals surface area (Å²) in [7, 11) is 0. The molecule has 0 spiro atoms. The van der Waals surface area contributed by atoms with Crippen molar-refractivity contribution in [2.45, 2.75) is 26.2 Å². The third-order valence-corrected chi connectivity index (χ3v) is 1.87. The molecule has 0 aliphatic heterocycles. The number of aryl methyl sites for hydroxylation is 1. The minimum atomic E-state index is -2.72. The second-order valence-corrected chi connectivity index (χ2v) is 2.94. The molecule has 1 rings (SSSR count). The van der Waals surface area contributed by atoms with Crippen LogP contribution in [0.3, 0.4) is 0 Å². The second kappa shape index (κ2) is 3.21. The van der Waals surface area contributed by atoms with Crippen LogP contribution in [0.4, 0.5) is 8.78 Å². The number of alkyl halides is 2. The first-order chi connectivity index (χ1) is 5.54. The first-order valence-corrected chi connectivity index (χ1v) is 4.01. The molecule has 0 heterocycles. The molecule has 1 aromatic rings. The normalized spacial score (nSPS) is 11.7. The van der Waals surface area contributed by atoms with Gasteiger partial charge in [0.15, 0.2) is 0 Å². The molecule has 0 N–H and O–H groups in total. The van der Waals surface area contributed by atoms with Gasteiger partial charge in [-0.1, -0.05) is 31.2 Å². The lowest BCUT2D eigenvalue weighted by molar-refractivity contribution is 0.0174. The molecule has 0 unspecified atom stereocenters. The standard InChI is InChI=1S/C10H12F2/c1-3-8-4-6-9(7-5-8)10(2,11)12/h4-7H,3H2,1-2H3. The lowest BCUT2D eigenvalue weighted by Gasteiger charge is -2.10. The molecular weight excluding hydrogens is 158 g/mol. The SMILES string of the molecule is CCc1ccc(C(C)(F)F)cc1. The van der Waals surface area contributed by atoms with Crippen molar-refractivity contribution in [2.24, 2.45) is 0 Å². The van der Waals surface area contributed by atoms with Gasteiger partial charge < -0.3 is 0 Å². The lowest BCUT2D eigenvalue weighted by atomic mass is 10.1. The van der Waals surface area contributed by atoms with Gasteiger partial charge >= 0.3 is 0 Å². The van der Waals surface area contributed by atoms with E-state index in [0.29, 0.717) is 0 Å². The minimum absolute atomic E-state index is 0.0831. The minimum Gasteiger partial charge on any atom is -0.202 e. The summed E-state index contributed by atoms with van der Waals surface area (Å²) in [6.45, 7) is 2.91. The highest BCUT2D eigenvalue weighted by Crippen LogP contribution is 2.26. The molecule has 0 saturated heterocycles. The molecule has 0 amide bonds.